The zero-order valence-electron chi connectivity index (χ0n) is 12.9. The van der Waals surface area contributed by atoms with Crippen LogP contribution in [0.4, 0.5) is 24.5 Å². The minimum Gasteiger partial charge on any atom is -0.350 e. The number of nitrogens with zero attached hydrogens (tertiary/aromatic N) is 1. The van der Waals surface area contributed by atoms with Gasteiger partial charge in [0.25, 0.3) is 5.91 Å². The number of likely N-dealkylation sites (tertiary alicyclic amines) is 1. The lowest BCUT2D eigenvalue weighted by Gasteiger charge is -2.37. The highest BCUT2D eigenvalue weighted by atomic mass is 19.2. The van der Waals surface area contributed by atoms with Gasteiger partial charge in [0, 0.05) is 19.1 Å². The summed E-state index contributed by atoms with van der Waals surface area (Å²) in [5, 5.41) is 2.50. The van der Waals surface area contributed by atoms with Gasteiger partial charge in [0.1, 0.15) is 5.82 Å². The second-order valence-electron chi connectivity index (χ2n) is 5.86. The first-order valence-corrected chi connectivity index (χ1v) is 7.43. The molecule has 0 aliphatic carbocycles. The van der Waals surface area contributed by atoms with Crippen LogP contribution in [-0.4, -0.2) is 29.9 Å². The van der Waals surface area contributed by atoms with Crippen LogP contribution in [0.5, 0.6) is 0 Å². The number of carbonyl (C=O) groups is 1. The van der Waals surface area contributed by atoms with E-state index in [1.165, 1.54) is 23.1 Å². The largest absolute Gasteiger partial charge is 0.350 e. The Bertz CT molecular complexity index is 804. The van der Waals surface area contributed by atoms with Crippen LogP contribution in [0.25, 0.3) is 0 Å². The highest BCUT2D eigenvalue weighted by molar-refractivity contribution is 6.01. The van der Waals surface area contributed by atoms with Crippen molar-refractivity contribution < 1.29 is 18.0 Å². The molecule has 0 bridgehead atoms. The summed E-state index contributed by atoms with van der Waals surface area (Å²) in [5.41, 5.74) is 5.83. The molecule has 0 radical (unpaired) electrons. The van der Waals surface area contributed by atoms with Crippen molar-refractivity contribution in [2.75, 3.05) is 18.4 Å². The fraction of sp³-hybridized carbons (Fsp3) is 0.235. The van der Waals surface area contributed by atoms with E-state index in [4.69, 9.17) is 5.73 Å². The highest BCUT2D eigenvalue weighted by Gasteiger charge is 2.31. The molecule has 24 heavy (non-hydrogen) atoms. The third-order valence-corrected chi connectivity index (χ3v) is 3.91. The van der Waals surface area contributed by atoms with Gasteiger partial charge in [-0.25, -0.2) is 13.2 Å². The lowest BCUT2D eigenvalue weighted by Crippen LogP contribution is -2.57. The molecule has 1 saturated heterocycles. The number of rotatable bonds is 3. The van der Waals surface area contributed by atoms with Crippen LogP contribution in [-0.2, 0) is 0 Å². The van der Waals surface area contributed by atoms with Gasteiger partial charge in [-0.1, -0.05) is 6.07 Å². The topological polar surface area (TPSA) is 58.4 Å². The number of hydrogen-bond donors (Lipinski definition) is 2. The average Bonchev–Trinajstić information content (AvgIpc) is 2.50. The molecule has 7 heteroatoms. The Kier molecular flexibility index (Phi) is 4.19. The van der Waals surface area contributed by atoms with E-state index in [0.717, 1.165) is 6.07 Å². The molecule has 4 nitrogen and oxygen atoms in total. The molecule has 1 amide bonds. The molecule has 0 spiro atoms. The second-order valence-corrected chi connectivity index (χ2v) is 5.86. The van der Waals surface area contributed by atoms with Crippen LogP contribution in [0.3, 0.4) is 0 Å². The normalized spacial score (nSPS) is 14.5. The quantitative estimate of drug-likeness (QED) is 0.907. The molecular weight excluding hydrogens is 319 g/mol. The Morgan fingerprint density at radius 1 is 1.17 bits per heavy atom. The van der Waals surface area contributed by atoms with E-state index in [2.05, 4.69) is 5.32 Å². The predicted octanol–water partition coefficient (Wildman–Crippen LogP) is 2.94. The Labute approximate surface area is 137 Å². The molecule has 126 valence electrons. The van der Waals surface area contributed by atoms with Crippen molar-refractivity contribution in [1.82, 2.24) is 4.90 Å². The van der Waals surface area contributed by atoms with Gasteiger partial charge in [0.2, 0.25) is 0 Å². The molecule has 1 heterocycles. The maximum Gasteiger partial charge on any atom is 0.256 e. The highest BCUT2D eigenvalue weighted by Crippen LogP contribution is 2.29. The van der Waals surface area contributed by atoms with Crippen molar-refractivity contribution in [3.8, 4) is 0 Å². The van der Waals surface area contributed by atoms with Gasteiger partial charge in [0.15, 0.2) is 11.6 Å². The Morgan fingerprint density at radius 3 is 2.50 bits per heavy atom. The van der Waals surface area contributed by atoms with Crippen molar-refractivity contribution >= 4 is 17.3 Å². The second kappa shape index (κ2) is 6.16. The third kappa shape index (κ3) is 2.94. The molecule has 1 aliphatic heterocycles. The van der Waals surface area contributed by atoms with Crippen LogP contribution in [0.15, 0.2) is 30.3 Å². The van der Waals surface area contributed by atoms with Crippen LogP contribution < -0.4 is 11.1 Å². The Morgan fingerprint density at radius 2 is 1.88 bits per heavy atom. The van der Waals surface area contributed by atoms with Gasteiger partial charge in [0.05, 0.1) is 16.9 Å². The summed E-state index contributed by atoms with van der Waals surface area (Å²) in [6.45, 7) is 2.39. The van der Waals surface area contributed by atoms with Crippen molar-refractivity contribution in [2.45, 2.75) is 13.0 Å². The maximum atomic E-state index is 14.2. The van der Waals surface area contributed by atoms with Gasteiger partial charge >= 0.3 is 0 Å². The van der Waals surface area contributed by atoms with E-state index in [-0.39, 0.29) is 23.0 Å². The van der Waals surface area contributed by atoms with Gasteiger partial charge in [-0.15, -0.1) is 0 Å². The van der Waals surface area contributed by atoms with E-state index >= 15 is 0 Å². The van der Waals surface area contributed by atoms with Gasteiger partial charge in [-0.05, 0) is 36.8 Å². The molecule has 0 aromatic heterocycles. The standard InChI is InChI=1S/C17H16F3N3O/c1-9-2-5-14(13(19)6-9)22-16-11(3-4-12(18)15(16)20)17(24)23-7-10(21)8-23/h2-6,10,22H,7-8,21H2,1H3. The Balaban J connectivity index is 1.99. The number of carbonyl (C=O) groups excluding carboxylic acids is 1. The molecule has 2 aromatic rings. The van der Waals surface area contributed by atoms with Gasteiger partial charge in [-0.2, -0.15) is 0 Å². The van der Waals surface area contributed by atoms with E-state index in [9.17, 15) is 18.0 Å². The molecular formula is C17H16F3N3O. The predicted molar refractivity (Wildman–Crippen MR) is 84.7 cm³/mol. The molecule has 0 atom stereocenters. The molecule has 3 rings (SSSR count). The summed E-state index contributed by atoms with van der Waals surface area (Å²) >= 11 is 0. The van der Waals surface area contributed by atoms with E-state index < -0.39 is 23.4 Å². The van der Waals surface area contributed by atoms with Crippen molar-refractivity contribution in [3.63, 3.8) is 0 Å². The first-order valence-electron chi connectivity index (χ1n) is 7.43. The molecule has 1 fully saturated rings. The molecule has 3 N–H and O–H groups in total. The summed E-state index contributed by atoms with van der Waals surface area (Å²) in [4.78, 5) is 13.9. The van der Waals surface area contributed by atoms with E-state index in [1.54, 1.807) is 13.0 Å². The number of nitrogens with one attached hydrogen (secondary N) is 1. The van der Waals surface area contributed by atoms with Crippen LogP contribution >= 0.6 is 0 Å². The first-order chi connectivity index (χ1) is 11.4. The average molecular weight is 335 g/mol. The summed E-state index contributed by atoms with van der Waals surface area (Å²) in [7, 11) is 0. The van der Waals surface area contributed by atoms with Gasteiger partial charge in [-0.3, -0.25) is 4.79 Å². The minimum absolute atomic E-state index is 0.0422. The molecule has 2 aromatic carbocycles. The fourth-order valence-electron chi connectivity index (χ4n) is 2.56. The zero-order chi connectivity index (χ0) is 17.4. The number of benzene rings is 2. The van der Waals surface area contributed by atoms with Crippen molar-refractivity contribution in [2.24, 2.45) is 5.73 Å². The van der Waals surface area contributed by atoms with E-state index in [1.807, 2.05) is 0 Å². The smallest absolute Gasteiger partial charge is 0.256 e. The number of amides is 1. The van der Waals surface area contributed by atoms with Crippen molar-refractivity contribution in [1.29, 1.82) is 0 Å². The number of hydrogen-bond acceptors (Lipinski definition) is 3. The van der Waals surface area contributed by atoms with Crippen LogP contribution in [0, 0.1) is 24.4 Å². The molecule has 1 aliphatic rings. The van der Waals surface area contributed by atoms with E-state index in [0.29, 0.717) is 18.7 Å². The SMILES string of the molecule is Cc1ccc(Nc2c(C(=O)N3CC(N)C3)ccc(F)c2F)c(F)c1. The number of halogens is 3. The molecule has 0 saturated carbocycles. The summed E-state index contributed by atoms with van der Waals surface area (Å²) < 4.78 is 41.8. The Hall–Kier alpha value is -2.54. The fourth-order valence-corrected chi connectivity index (χ4v) is 2.56. The maximum absolute atomic E-state index is 14.2. The first kappa shape index (κ1) is 16.3. The number of aryl methyl sites for hydroxylation is 1. The van der Waals surface area contributed by atoms with Gasteiger partial charge < -0.3 is 16.0 Å². The zero-order valence-corrected chi connectivity index (χ0v) is 12.9. The summed E-state index contributed by atoms with van der Waals surface area (Å²) in [6.07, 6.45) is 0. The van der Waals surface area contributed by atoms with Crippen LogP contribution in [0.2, 0.25) is 0 Å². The number of anilines is 2. The van der Waals surface area contributed by atoms with Crippen LogP contribution in [0.1, 0.15) is 15.9 Å². The number of nitrogens with two attached hydrogens (primary N) is 1. The third-order valence-electron chi connectivity index (χ3n) is 3.91. The van der Waals surface area contributed by atoms with Crippen molar-refractivity contribution in [3.05, 3.63) is 58.9 Å². The summed E-state index contributed by atoms with van der Waals surface area (Å²) in [6, 6.07) is 6.22. The lowest BCUT2D eigenvalue weighted by molar-refractivity contribution is 0.0608. The monoisotopic (exact) mass is 335 g/mol. The summed E-state index contributed by atoms with van der Waals surface area (Å²) in [5.74, 6) is -3.46. The lowest BCUT2D eigenvalue weighted by atomic mass is 10.1. The molecule has 0 unspecified atom stereocenters. The minimum atomic E-state index is -1.23.